The van der Waals surface area contributed by atoms with Crippen LogP contribution < -0.4 is 9.64 Å². The first-order valence-corrected chi connectivity index (χ1v) is 7.59. The third kappa shape index (κ3) is 4.07. The Morgan fingerprint density at radius 1 is 1.30 bits per heavy atom. The number of halogens is 1. The lowest BCUT2D eigenvalue weighted by molar-refractivity contribution is -0.389. The summed E-state index contributed by atoms with van der Waals surface area (Å²) in [6, 6.07) is 2.02. The van der Waals surface area contributed by atoms with E-state index in [9.17, 15) is 10.1 Å². The van der Waals surface area contributed by atoms with Gasteiger partial charge in [0.15, 0.2) is 0 Å². The molecule has 23 heavy (non-hydrogen) atoms. The smallest absolute Gasteiger partial charge is 0.414 e. The van der Waals surface area contributed by atoms with Crippen molar-refractivity contribution in [1.82, 2.24) is 19.5 Å². The van der Waals surface area contributed by atoms with E-state index >= 15 is 0 Å². The van der Waals surface area contributed by atoms with Crippen molar-refractivity contribution < 1.29 is 9.66 Å². The van der Waals surface area contributed by atoms with Crippen LogP contribution in [0.2, 0.25) is 5.28 Å². The number of ether oxygens (including phenoxy) is 1. The molecule has 0 unspecified atom stereocenters. The van der Waals surface area contributed by atoms with Crippen LogP contribution in [0.5, 0.6) is 6.01 Å². The average Bonchev–Trinajstić information content (AvgIpc) is 2.92. The van der Waals surface area contributed by atoms with Gasteiger partial charge in [0.05, 0.1) is 6.54 Å². The van der Waals surface area contributed by atoms with E-state index in [1.54, 1.807) is 16.8 Å². The molecule has 3 heterocycles. The van der Waals surface area contributed by atoms with Gasteiger partial charge in [-0.2, -0.15) is 0 Å². The fraction of sp³-hybridized carbons (Fsp3) is 0.462. The van der Waals surface area contributed by atoms with Crippen LogP contribution in [0.15, 0.2) is 18.5 Å². The highest BCUT2D eigenvalue weighted by Crippen LogP contribution is 2.20. The molecule has 0 saturated heterocycles. The van der Waals surface area contributed by atoms with Crippen molar-refractivity contribution in [1.29, 1.82) is 0 Å². The maximum absolute atomic E-state index is 10.7. The lowest BCUT2D eigenvalue weighted by atomic mass is 10.4. The summed E-state index contributed by atoms with van der Waals surface area (Å²) in [5.41, 5.74) is 0. The van der Waals surface area contributed by atoms with E-state index in [1.807, 2.05) is 18.7 Å². The van der Waals surface area contributed by atoms with Crippen molar-refractivity contribution in [2.75, 3.05) is 24.6 Å². The van der Waals surface area contributed by atoms with E-state index in [4.69, 9.17) is 16.3 Å². The summed E-state index contributed by atoms with van der Waals surface area (Å²) < 4.78 is 7.09. The summed E-state index contributed by atoms with van der Waals surface area (Å²) in [6.07, 6.45) is 2.95. The molecule has 0 saturated carbocycles. The molecule has 2 aromatic rings. The fourth-order valence-corrected chi connectivity index (χ4v) is 2.21. The van der Waals surface area contributed by atoms with Gasteiger partial charge in [-0.3, -0.25) is 4.57 Å². The highest BCUT2D eigenvalue weighted by Gasteiger charge is 2.23. The van der Waals surface area contributed by atoms with E-state index in [1.165, 1.54) is 6.20 Å². The van der Waals surface area contributed by atoms with E-state index in [-0.39, 0.29) is 17.1 Å². The minimum Gasteiger partial charge on any atom is -0.444 e. The minimum absolute atomic E-state index is 0.175. The first-order chi connectivity index (χ1) is 11.1. The van der Waals surface area contributed by atoms with Gasteiger partial charge in [-0.25, -0.2) is 9.97 Å². The molecule has 124 valence electrons. The van der Waals surface area contributed by atoms with Gasteiger partial charge in [0, 0.05) is 24.3 Å². The van der Waals surface area contributed by atoms with E-state index in [2.05, 4.69) is 15.0 Å². The van der Waals surface area contributed by atoms with E-state index in [0.717, 1.165) is 0 Å². The van der Waals surface area contributed by atoms with Gasteiger partial charge < -0.3 is 19.8 Å². The zero-order valence-electron chi connectivity index (χ0n) is 12.8. The molecular formula is C13H17ClN6O3. The summed E-state index contributed by atoms with van der Waals surface area (Å²) in [4.78, 5) is 24.0. The van der Waals surface area contributed by atoms with Gasteiger partial charge in [0.2, 0.25) is 5.28 Å². The third-order valence-corrected chi connectivity index (χ3v) is 3.24. The van der Waals surface area contributed by atoms with Gasteiger partial charge in [-0.05, 0) is 22.6 Å². The van der Waals surface area contributed by atoms with Crippen LogP contribution in [0.25, 0.3) is 0 Å². The van der Waals surface area contributed by atoms with Gasteiger partial charge in [0.25, 0.3) is 0 Å². The molecule has 2 aromatic heterocycles. The molecule has 0 bridgehead atoms. The Kier molecular flexibility index (Phi) is 5.69. The first kappa shape index (κ1) is 16.9. The Labute approximate surface area is 138 Å². The molecule has 1 aliphatic rings. The van der Waals surface area contributed by atoms with Crippen LogP contribution in [0.3, 0.4) is 0 Å². The van der Waals surface area contributed by atoms with Crippen LogP contribution in [-0.2, 0) is 6.54 Å². The molecule has 0 radical (unpaired) electrons. The van der Waals surface area contributed by atoms with Crippen molar-refractivity contribution in [3.8, 4) is 6.01 Å². The predicted octanol–water partition coefficient (Wildman–Crippen LogP) is 2.16. The lowest BCUT2D eigenvalue weighted by Crippen LogP contribution is -2.34. The Morgan fingerprint density at radius 3 is 2.78 bits per heavy atom. The summed E-state index contributed by atoms with van der Waals surface area (Å²) in [6.45, 7) is 6.03. The lowest BCUT2D eigenvalue weighted by Gasteiger charge is -2.25. The zero-order chi connectivity index (χ0) is 16.8. The number of nitrogens with zero attached hydrogens (tertiary/aromatic N) is 6. The maximum Gasteiger partial charge on any atom is 0.414 e. The number of fused-ring (bicyclic) bond motifs is 1. The van der Waals surface area contributed by atoms with Crippen molar-refractivity contribution in [3.05, 3.63) is 33.9 Å². The molecule has 0 spiro atoms. The Bertz CT molecular complexity index is 677. The molecule has 0 amide bonds. The number of hydrogen-bond donors (Lipinski definition) is 0. The fourth-order valence-electron chi connectivity index (χ4n) is 2.07. The van der Waals surface area contributed by atoms with Gasteiger partial charge in [-0.15, -0.1) is 0 Å². The molecule has 0 fully saturated rings. The molecule has 0 aromatic carbocycles. The Hall–Kier alpha value is -2.42. The second-order valence-corrected chi connectivity index (χ2v) is 4.69. The number of imidazole rings is 1. The summed E-state index contributed by atoms with van der Waals surface area (Å²) in [7, 11) is 0. The van der Waals surface area contributed by atoms with Gasteiger partial charge in [0.1, 0.15) is 18.6 Å². The molecule has 9 nitrogen and oxygen atoms in total. The maximum atomic E-state index is 10.7. The number of aromatic nitrogens is 4. The normalized spacial score (nSPS) is 13.8. The monoisotopic (exact) mass is 340 g/mol. The van der Waals surface area contributed by atoms with Crippen molar-refractivity contribution in [2.45, 2.75) is 20.4 Å². The van der Waals surface area contributed by atoms with E-state index in [0.29, 0.717) is 32.1 Å². The van der Waals surface area contributed by atoms with Crippen molar-refractivity contribution >= 4 is 23.2 Å². The van der Waals surface area contributed by atoms with Crippen molar-refractivity contribution in [2.24, 2.45) is 0 Å². The van der Waals surface area contributed by atoms with Gasteiger partial charge >= 0.3 is 11.8 Å². The predicted molar refractivity (Wildman–Crippen MR) is 85.0 cm³/mol. The SMILES string of the molecule is CC.O=[N+]([O-])c1cn2c(n1)OCCN(c1ccnc(Cl)n1)CC2. The molecule has 0 atom stereocenters. The Morgan fingerprint density at radius 2 is 2.09 bits per heavy atom. The minimum atomic E-state index is -0.538. The van der Waals surface area contributed by atoms with Crippen LogP contribution in [0, 0.1) is 10.1 Å². The molecule has 10 heteroatoms. The highest BCUT2D eigenvalue weighted by atomic mass is 35.5. The van der Waals surface area contributed by atoms with Crippen LogP contribution in [0.4, 0.5) is 11.6 Å². The number of hydrogen-bond acceptors (Lipinski definition) is 7. The van der Waals surface area contributed by atoms with Crippen LogP contribution in [-0.4, -0.2) is 44.1 Å². The van der Waals surface area contributed by atoms with Crippen LogP contribution in [0.1, 0.15) is 13.8 Å². The largest absolute Gasteiger partial charge is 0.444 e. The second kappa shape index (κ2) is 7.73. The number of rotatable bonds is 2. The standard InChI is InChI=1S/C11H11ClN6O3.C2H6/c12-10-13-2-1-8(14-10)16-3-4-17-7-9(18(19)20)15-11(17)21-6-5-16;1-2/h1-2,7H,3-6H2;1-2H3. The second-order valence-electron chi connectivity index (χ2n) is 4.35. The third-order valence-electron chi connectivity index (χ3n) is 3.05. The summed E-state index contributed by atoms with van der Waals surface area (Å²) >= 11 is 5.79. The molecule has 0 aliphatic carbocycles. The number of nitro groups is 1. The highest BCUT2D eigenvalue weighted by molar-refractivity contribution is 6.28. The van der Waals surface area contributed by atoms with Crippen molar-refractivity contribution in [3.63, 3.8) is 0 Å². The average molecular weight is 341 g/mol. The van der Waals surface area contributed by atoms with Crippen LogP contribution >= 0.6 is 11.6 Å². The van der Waals surface area contributed by atoms with E-state index < -0.39 is 4.92 Å². The molecule has 0 N–H and O–H groups in total. The summed E-state index contributed by atoms with van der Waals surface area (Å²) in [5.74, 6) is 0.472. The van der Waals surface area contributed by atoms with Gasteiger partial charge in [-0.1, -0.05) is 13.8 Å². The molecule has 1 aliphatic heterocycles. The number of anilines is 1. The quantitative estimate of drug-likeness (QED) is 0.469. The Balaban J connectivity index is 0.000000924. The zero-order valence-corrected chi connectivity index (χ0v) is 13.6. The molecule has 3 rings (SSSR count). The topological polar surface area (TPSA) is 99.2 Å². The first-order valence-electron chi connectivity index (χ1n) is 7.21. The summed E-state index contributed by atoms with van der Waals surface area (Å²) in [5, 5.41) is 10.9. The molecular weight excluding hydrogens is 324 g/mol.